The van der Waals surface area contributed by atoms with E-state index in [2.05, 4.69) is 22.5 Å². The van der Waals surface area contributed by atoms with Crippen molar-refractivity contribution in [2.75, 3.05) is 19.7 Å². The Hall–Kier alpha value is -2.34. The fourth-order valence-corrected chi connectivity index (χ4v) is 2.34. The van der Waals surface area contributed by atoms with E-state index >= 15 is 0 Å². The number of urea groups is 1. The van der Waals surface area contributed by atoms with E-state index in [1.807, 2.05) is 42.9 Å². The quantitative estimate of drug-likeness (QED) is 0.821. The number of hydrogen-bond acceptors (Lipinski definition) is 3. The van der Waals surface area contributed by atoms with Crippen LogP contribution in [0.4, 0.5) is 4.79 Å². The Morgan fingerprint density at radius 1 is 1.39 bits per heavy atom. The van der Waals surface area contributed by atoms with Crippen molar-refractivity contribution in [2.24, 2.45) is 0 Å². The molecule has 0 aliphatic heterocycles. The first-order valence-corrected chi connectivity index (χ1v) is 7.86. The summed E-state index contributed by atoms with van der Waals surface area (Å²) in [5.74, 6) is 0. The summed E-state index contributed by atoms with van der Waals surface area (Å²) >= 11 is 0. The van der Waals surface area contributed by atoms with Crippen LogP contribution in [0.2, 0.25) is 0 Å². The zero-order valence-corrected chi connectivity index (χ0v) is 13.6. The lowest BCUT2D eigenvalue weighted by atomic mass is 10.2. The molecule has 1 heterocycles. The number of rotatable bonds is 7. The second-order valence-corrected chi connectivity index (χ2v) is 5.43. The molecule has 0 saturated heterocycles. The minimum atomic E-state index is -0.176. The Kier molecular flexibility index (Phi) is 6.17. The van der Waals surface area contributed by atoms with Gasteiger partial charge in [-0.3, -0.25) is 4.68 Å². The molecule has 0 radical (unpaired) electrons. The highest BCUT2D eigenvalue weighted by Crippen LogP contribution is 2.12. The van der Waals surface area contributed by atoms with Crippen LogP contribution in [0.15, 0.2) is 42.7 Å². The van der Waals surface area contributed by atoms with Crippen molar-refractivity contribution in [3.63, 3.8) is 0 Å². The molecule has 2 rings (SSSR count). The lowest BCUT2D eigenvalue weighted by Gasteiger charge is -2.22. The van der Waals surface area contributed by atoms with Gasteiger partial charge in [-0.05, 0) is 19.4 Å². The van der Waals surface area contributed by atoms with Gasteiger partial charge in [-0.15, -0.1) is 0 Å². The van der Waals surface area contributed by atoms with Crippen molar-refractivity contribution < 1.29 is 9.90 Å². The minimum Gasteiger partial charge on any atom is -0.395 e. The first-order chi connectivity index (χ1) is 11.1. The van der Waals surface area contributed by atoms with Crippen LogP contribution in [0, 0.1) is 0 Å². The number of carbonyl (C=O) groups is 1. The molecular formula is C17H24N4O2. The highest BCUT2D eigenvalue weighted by molar-refractivity contribution is 5.74. The summed E-state index contributed by atoms with van der Waals surface area (Å²) in [6.45, 7) is 5.37. The SMILES string of the molecule is CCN(CCO)C(=O)NC(C)c1cnn(Cc2ccccc2)c1. The second kappa shape index (κ2) is 8.33. The minimum absolute atomic E-state index is 0.0371. The number of carbonyl (C=O) groups excluding carboxylic acids is 1. The van der Waals surface area contributed by atoms with Gasteiger partial charge in [0.1, 0.15) is 0 Å². The zero-order chi connectivity index (χ0) is 16.7. The smallest absolute Gasteiger partial charge is 0.317 e. The van der Waals surface area contributed by atoms with Gasteiger partial charge in [-0.25, -0.2) is 4.79 Å². The average molecular weight is 316 g/mol. The lowest BCUT2D eigenvalue weighted by Crippen LogP contribution is -2.42. The van der Waals surface area contributed by atoms with Crippen LogP contribution in [-0.2, 0) is 6.54 Å². The van der Waals surface area contributed by atoms with Crippen molar-refractivity contribution in [3.8, 4) is 0 Å². The van der Waals surface area contributed by atoms with Crippen LogP contribution in [0.25, 0.3) is 0 Å². The molecule has 23 heavy (non-hydrogen) atoms. The predicted molar refractivity (Wildman–Crippen MR) is 89.1 cm³/mol. The Morgan fingerprint density at radius 2 is 2.13 bits per heavy atom. The molecule has 0 aliphatic carbocycles. The Bertz CT molecular complexity index is 612. The van der Waals surface area contributed by atoms with Crippen LogP contribution in [-0.4, -0.2) is 45.5 Å². The molecule has 0 saturated carbocycles. The van der Waals surface area contributed by atoms with Crippen molar-refractivity contribution in [1.82, 2.24) is 20.0 Å². The Balaban J connectivity index is 1.95. The average Bonchev–Trinajstić information content (AvgIpc) is 3.02. The summed E-state index contributed by atoms with van der Waals surface area (Å²) in [7, 11) is 0. The van der Waals surface area contributed by atoms with E-state index in [0.717, 1.165) is 5.56 Å². The van der Waals surface area contributed by atoms with Crippen molar-refractivity contribution in [2.45, 2.75) is 26.4 Å². The highest BCUT2D eigenvalue weighted by atomic mass is 16.3. The van der Waals surface area contributed by atoms with E-state index in [1.54, 1.807) is 11.1 Å². The molecule has 2 N–H and O–H groups in total. The van der Waals surface area contributed by atoms with Gasteiger partial charge in [-0.2, -0.15) is 5.10 Å². The molecule has 6 heteroatoms. The van der Waals surface area contributed by atoms with E-state index in [0.29, 0.717) is 19.6 Å². The van der Waals surface area contributed by atoms with Crippen LogP contribution in [0.3, 0.4) is 0 Å². The van der Waals surface area contributed by atoms with Crippen molar-refractivity contribution in [3.05, 3.63) is 53.9 Å². The third-order valence-electron chi connectivity index (χ3n) is 3.72. The largest absolute Gasteiger partial charge is 0.395 e. The monoisotopic (exact) mass is 316 g/mol. The zero-order valence-electron chi connectivity index (χ0n) is 13.6. The number of nitrogens with one attached hydrogen (secondary N) is 1. The number of benzene rings is 1. The maximum absolute atomic E-state index is 12.1. The fraction of sp³-hybridized carbons (Fsp3) is 0.412. The topological polar surface area (TPSA) is 70.4 Å². The molecule has 0 fully saturated rings. The first kappa shape index (κ1) is 17.0. The molecule has 1 unspecified atom stereocenters. The summed E-state index contributed by atoms with van der Waals surface area (Å²) < 4.78 is 1.86. The number of aliphatic hydroxyl groups excluding tert-OH is 1. The summed E-state index contributed by atoms with van der Waals surface area (Å²) in [5.41, 5.74) is 2.13. The van der Waals surface area contributed by atoms with Gasteiger partial charge in [0, 0.05) is 24.8 Å². The van der Waals surface area contributed by atoms with Crippen LogP contribution in [0.5, 0.6) is 0 Å². The number of aromatic nitrogens is 2. The van der Waals surface area contributed by atoms with Crippen LogP contribution < -0.4 is 5.32 Å². The molecule has 0 bridgehead atoms. The van der Waals surface area contributed by atoms with E-state index in [9.17, 15) is 4.79 Å². The molecule has 1 aromatic carbocycles. The van der Waals surface area contributed by atoms with Gasteiger partial charge < -0.3 is 15.3 Å². The van der Waals surface area contributed by atoms with E-state index in [4.69, 9.17) is 5.11 Å². The molecule has 2 aromatic rings. The third-order valence-corrected chi connectivity index (χ3v) is 3.72. The molecule has 0 aliphatic rings. The maximum atomic E-state index is 12.1. The molecular weight excluding hydrogens is 292 g/mol. The van der Waals surface area contributed by atoms with Gasteiger partial charge in [0.05, 0.1) is 25.4 Å². The molecule has 124 valence electrons. The molecule has 1 atom stereocenters. The van der Waals surface area contributed by atoms with Crippen molar-refractivity contribution >= 4 is 6.03 Å². The number of aliphatic hydroxyl groups is 1. The van der Waals surface area contributed by atoms with Crippen LogP contribution >= 0.6 is 0 Å². The maximum Gasteiger partial charge on any atom is 0.317 e. The number of hydrogen-bond donors (Lipinski definition) is 2. The van der Waals surface area contributed by atoms with Gasteiger partial charge in [0.2, 0.25) is 0 Å². The predicted octanol–water partition coefficient (Wildman–Crippen LogP) is 2.02. The standard InChI is InChI=1S/C17H24N4O2/c1-3-20(9-10-22)17(23)19-14(2)16-11-18-21(13-16)12-15-7-5-4-6-8-15/h4-8,11,13-14,22H,3,9-10,12H2,1-2H3,(H,19,23). The number of likely N-dealkylation sites (N-methyl/N-ethyl adjacent to an activating group) is 1. The molecule has 1 aromatic heterocycles. The number of amides is 2. The van der Waals surface area contributed by atoms with E-state index < -0.39 is 0 Å². The van der Waals surface area contributed by atoms with Crippen LogP contribution in [0.1, 0.15) is 31.0 Å². The van der Waals surface area contributed by atoms with Gasteiger partial charge in [0.15, 0.2) is 0 Å². The summed E-state index contributed by atoms with van der Waals surface area (Å²) in [4.78, 5) is 13.7. The molecule has 0 spiro atoms. The molecule has 6 nitrogen and oxygen atoms in total. The summed E-state index contributed by atoms with van der Waals surface area (Å²) in [6, 6.07) is 9.79. The molecule has 2 amide bonds. The normalized spacial score (nSPS) is 12.0. The summed E-state index contributed by atoms with van der Waals surface area (Å²) in [5, 5.41) is 16.3. The number of nitrogens with zero attached hydrogens (tertiary/aromatic N) is 3. The van der Waals surface area contributed by atoms with E-state index in [-0.39, 0.29) is 18.7 Å². The summed E-state index contributed by atoms with van der Waals surface area (Å²) in [6.07, 6.45) is 3.72. The van der Waals surface area contributed by atoms with Crippen molar-refractivity contribution in [1.29, 1.82) is 0 Å². The fourth-order valence-electron chi connectivity index (χ4n) is 2.34. The third kappa shape index (κ3) is 4.82. The van der Waals surface area contributed by atoms with Gasteiger partial charge in [0.25, 0.3) is 0 Å². The second-order valence-electron chi connectivity index (χ2n) is 5.43. The first-order valence-electron chi connectivity index (χ1n) is 7.86. The Morgan fingerprint density at radius 3 is 2.78 bits per heavy atom. The van der Waals surface area contributed by atoms with Gasteiger partial charge >= 0.3 is 6.03 Å². The van der Waals surface area contributed by atoms with Gasteiger partial charge in [-0.1, -0.05) is 30.3 Å². The Labute approximate surface area is 136 Å². The lowest BCUT2D eigenvalue weighted by molar-refractivity contribution is 0.178. The van der Waals surface area contributed by atoms with E-state index in [1.165, 1.54) is 5.56 Å². The highest BCUT2D eigenvalue weighted by Gasteiger charge is 2.15.